The zero-order valence-electron chi connectivity index (χ0n) is 24.1. The maximum atomic E-state index is 15.1. The van der Waals surface area contributed by atoms with Crippen molar-refractivity contribution in [2.24, 2.45) is 0 Å². The second-order valence-electron chi connectivity index (χ2n) is 10.8. The minimum absolute atomic E-state index is 0.0144. The average Bonchev–Trinajstić information content (AvgIpc) is 3.62. The van der Waals surface area contributed by atoms with Crippen LogP contribution in [0, 0.1) is 13.8 Å². The maximum absolute atomic E-state index is 15.1. The van der Waals surface area contributed by atoms with Crippen LogP contribution in [0.15, 0.2) is 88.6 Å². The summed E-state index contributed by atoms with van der Waals surface area (Å²) in [5.74, 6) is -2.15. The molecule has 11 heteroatoms. The van der Waals surface area contributed by atoms with Gasteiger partial charge in [-0.25, -0.2) is 9.78 Å². The van der Waals surface area contributed by atoms with Crippen molar-refractivity contribution >= 4 is 62.5 Å². The van der Waals surface area contributed by atoms with Gasteiger partial charge < -0.3 is 14.1 Å². The van der Waals surface area contributed by atoms with Crippen molar-refractivity contribution in [2.45, 2.75) is 25.9 Å². The van der Waals surface area contributed by atoms with Crippen LogP contribution >= 0.6 is 22.9 Å². The van der Waals surface area contributed by atoms with Gasteiger partial charge in [-0.2, -0.15) is 0 Å². The summed E-state index contributed by atoms with van der Waals surface area (Å²) >= 11 is 7.03. The minimum atomic E-state index is -1.96. The quantitative estimate of drug-likeness (QED) is 0.158. The number of carbonyl (C=O) groups excluding carboxylic acids is 3. The van der Waals surface area contributed by atoms with Crippen molar-refractivity contribution in [3.8, 4) is 0 Å². The van der Waals surface area contributed by atoms with Crippen molar-refractivity contribution in [2.75, 3.05) is 16.4 Å². The van der Waals surface area contributed by atoms with Gasteiger partial charge >= 0.3 is 5.97 Å². The Balaban J connectivity index is 1.51. The molecule has 0 fully saturated rings. The maximum Gasteiger partial charge on any atom is 0.350 e. The minimum Gasteiger partial charge on any atom is -0.457 e. The molecule has 1 unspecified atom stereocenters. The van der Waals surface area contributed by atoms with Crippen LogP contribution in [-0.4, -0.2) is 29.4 Å². The molecule has 5 aromatic rings. The Morgan fingerprint density at radius 2 is 1.84 bits per heavy atom. The van der Waals surface area contributed by atoms with E-state index in [0.29, 0.717) is 22.0 Å². The molecule has 0 aliphatic carbocycles. The summed E-state index contributed by atoms with van der Waals surface area (Å²) in [6.07, 6.45) is 1.44. The normalized spacial score (nSPS) is 16.9. The van der Waals surface area contributed by atoms with Crippen LogP contribution in [0.1, 0.15) is 48.2 Å². The average molecular weight is 638 g/mol. The van der Waals surface area contributed by atoms with E-state index in [2.05, 4.69) is 11.6 Å². The number of rotatable bonds is 6. The largest absolute Gasteiger partial charge is 0.457 e. The highest BCUT2D eigenvalue weighted by atomic mass is 35.5. The molecule has 2 aliphatic rings. The molecule has 0 radical (unpaired) electrons. The number of hydrogen-bond acceptors (Lipinski definition) is 8. The number of carbonyl (C=O) groups is 3. The molecule has 0 bridgehead atoms. The number of para-hydroxylation sites is 1. The molecule has 7 rings (SSSR count). The lowest BCUT2D eigenvalue weighted by atomic mass is 9.84. The standard InChI is InChI=1S/C34H24ClN3O6S/c1-4-15-43-31(41)29-19(3)36-33(45-29)38-30(40)28-26(27(39)22-16-18(2)9-14-25(22)44-28)34(38)23-7-5-6-8-24(23)37(32(34)42)17-20-10-12-21(35)13-11-20/h4-14,16H,1,15,17H2,2-3H3. The van der Waals surface area contributed by atoms with Gasteiger partial charge in [-0.15, -0.1) is 0 Å². The van der Waals surface area contributed by atoms with Crippen molar-refractivity contribution < 1.29 is 23.5 Å². The summed E-state index contributed by atoms with van der Waals surface area (Å²) in [6, 6.07) is 19.2. The molecule has 0 N–H and O–H groups in total. The fourth-order valence-corrected chi connectivity index (χ4v) is 7.21. The van der Waals surface area contributed by atoms with Gasteiger partial charge in [0.2, 0.25) is 5.76 Å². The topological polar surface area (TPSA) is 110 Å². The number of thiazole rings is 1. The van der Waals surface area contributed by atoms with Crippen molar-refractivity contribution in [3.63, 3.8) is 0 Å². The molecule has 0 saturated carbocycles. The summed E-state index contributed by atoms with van der Waals surface area (Å²) in [7, 11) is 0. The Morgan fingerprint density at radius 1 is 1.09 bits per heavy atom. The first-order chi connectivity index (χ1) is 21.7. The van der Waals surface area contributed by atoms with Gasteiger partial charge in [0.05, 0.1) is 28.9 Å². The summed E-state index contributed by atoms with van der Waals surface area (Å²) in [6.45, 7) is 7.15. The molecule has 4 heterocycles. The number of anilines is 2. The SMILES string of the molecule is C=CCOC(=O)c1sc(N2C(=O)c3oc4ccc(C)cc4c(=O)c3C23C(=O)N(Cc2ccc(Cl)cc2)c2ccccc23)nc1C. The van der Waals surface area contributed by atoms with Gasteiger partial charge in [-0.05, 0) is 49.7 Å². The molecule has 224 valence electrons. The molecule has 45 heavy (non-hydrogen) atoms. The van der Waals surface area contributed by atoms with E-state index < -0.39 is 28.8 Å². The van der Waals surface area contributed by atoms with Crippen LogP contribution in [0.3, 0.4) is 0 Å². The van der Waals surface area contributed by atoms with Gasteiger partial charge in [-0.3, -0.25) is 19.3 Å². The molecule has 2 aromatic heterocycles. The fraction of sp³-hybridized carbons (Fsp3) is 0.147. The van der Waals surface area contributed by atoms with Crippen LogP contribution in [0.4, 0.5) is 10.8 Å². The fourth-order valence-electron chi connectivity index (χ4n) is 6.07. The lowest BCUT2D eigenvalue weighted by Gasteiger charge is -2.32. The predicted octanol–water partition coefficient (Wildman–Crippen LogP) is 6.31. The van der Waals surface area contributed by atoms with E-state index in [4.69, 9.17) is 20.8 Å². The highest BCUT2D eigenvalue weighted by Crippen LogP contribution is 2.55. The highest BCUT2D eigenvalue weighted by Gasteiger charge is 2.66. The van der Waals surface area contributed by atoms with Crippen molar-refractivity contribution in [3.05, 3.63) is 133 Å². The third-order valence-electron chi connectivity index (χ3n) is 8.03. The molecule has 2 aliphatic heterocycles. The van der Waals surface area contributed by atoms with E-state index in [1.165, 1.54) is 11.0 Å². The number of esters is 1. The summed E-state index contributed by atoms with van der Waals surface area (Å²) in [5, 5.41) is 0.838. The zero-order valence-corrected chi connectivity index (χ0v) is 25.7. The van der Waals surface area contributed by atoms with E-state index in [-0.39, 0.29) is 45.5 Å². The predicted molar refractivity (Wildman–Crippen MR) is 171 cm³/mol. The van der Waals surface area contributed by atoms with E-state index >= 15 is 4.79 Å². The Kier molecular flexibility index (Phi) is 6.72. The van der Waals surface area contributed by atoms with Gasteiger partial charge in [0.15, 0.2) is 16.1 Å². The molecule has 2 amide bonds. The monoisotopic (exact) mass is 637 g/mol. The molecule has 3 aromatic carbocycles. The third kappa shape index (κ3) is 4.17. The van der Waals surface area contributed by atoms with E-state index in [0.717, 1.165) is 22.5 Å². The smallest absolute Gasteiger partial charge is 0.350 e. The molecule has 1 spiro atoms. The first kappa shape index (κ1) is 28.7. The Bertz CT molecular complexity index is 2150. The number of amides is 2. The molecule has 0 saturated heterocycles. The van der Waals surface area contributed by atoms with Crippen molar-refractivity contribution in [1.82, 2.24) is 4.98 Å². The molecule has 9 nitrogen and oxygen atoms in total. The Labute approximate surface area is 265 Å². The number of halogens is 1. The Hall–Kier alpha value is -5.06. The Morgan fingerprint density at radius 3 is 2.60 bits per heavy atom. The van der Waals surface area contributed by atoms with Gasteiger partial charge in [0, 0.05) is 10.6 Å². The summed E-state index contributed by atoms with van der Waals surface area (Å²) in [4.78, 5) is 64.4. The lowest BCUT2D eigenvalue weighted by molar-refractivity contribution is -0.121. The number of fused-ring (bicyclic) bond motifs is 5. The number of ether oxygens (including phenoxy) is 1. The van der Waals surface area contributed by atoms with Gasteiger partial charge in [0.25, 0.3) is 11.8 Å². The third-order valence-corrected chi connectivity index (χ3v) is 9.40. The van der Waals surface area contributed by atoms with Gasteiger partial charge in [-0.1, -0.05) is 77.6 Å². The van der Waals surface area contributed by atoms with E-state index in [1.807, 2.05) is 19.1 Å². The number of aryl methyl sites for hydroxylation is 2. The molecular formula is C34H24ClN3O6S. The molecule has 1 atom stereocenters. The second-order valence-corrected chi connectivity index (χ2v) is 12.2. The first-order valence-corrected chi connectivity index (χ1v) is 15.2. The van der Waals surface area contributed by atoms with E-state index in [1.54, 1.807) is 66.4 Å². The van der Waals surface area contributed by atoms with Crippen LogP contribution in [0.5, 0.6) is 0 Å². The summed E-state index contributed by atoms with van der Waals surface area (Å²) < 4.78 is 11.4. The number of aromatic nitrogens is 1. The van der Waals surface area contributed by atoms with Crippen molar-refractivity contribution in [1.29, 1.82) is 0 Å². The first-order valence-electron chi connectivity index (χ1n) is 14.0. The van der Waals surface area contributed by atoms with Crippen LogP contribution in [0.25, 0.3) is 11.0 Å². The van der Waals surface area contributed by atoms with Crippen LogP contribution < -0.4 is 15.2 Å². The lowest BCUT2D eigenvalue weighted by Crippen LogP contribution is -2.53. The van der Waals surface area contributed by atoms with Crippen LogP contribution in [-0.2, 0) is 21.6 Å². The molecular weight excluding hydrogens is 614 g/mol. The van der Waals surface area contributed by atoms with Crippen LogP contribution in [0.2, 0.25) is 5.02 Å². The van der Waals surface area contributed by atoms with Gasteiger partial charge in [0.1, 0.15) is 17.1 Å². The number of benzene rings is 3. The summed E-state index contributed by atoms with van der Waals surface area (Å²) in [5.41, 5.74) is 0.506. The highest BCUT2D eigenvalue weighted by molar-refractivity contribution is 7.17. The zero-order chi connectivity index (χ0) is 31.6. The second kappa shape index (κ2) is 10.5. The number of nitrogens with zero attached hydrogens (tertiary/aromatic N) is 3. The van der Waals surface area contributed by atoms with E-state index in [9.17, 15) is 14.4 Å². The number of hydrogen-bond donors (Lipinski definition) is 0.